The highest BCUT2D eigenvalue weighted by molar-refractivity contribution is 5.86. The summed E-state index contributed by atoms with van der Waals surface area (Å²) in [5.41, 5.74) is 4.46. The smallest absolute Gasteiger partial charge is 0.131 e. The van der Waals surface area contributed by atoms with Crippen molar-refractivity contribution in [3.8, 4) is 0 Å². The second-order valence-corrected chi connectivity index (χ2v) is 7.44. The largest absolute Gasteiger partial charge is 0.373 e. The van der Waals surface area contributed by atoms with Crippen molar-refractivity contribution in [2.75, 3.05) is 13.1 Å². The van der Waals surface area contributed by atoms with E-state index in [0.717, 1.165) is 12.8 Å². The van der Waals surface area contributed by atoms with Crippen molar-refractivity contribution in [3.63, 3.8) is 0 Å². The third-order valence-corrected chi connectivity index (χ3v) is 6.62. The lowest BCUT2D eigenvalue weighted by Gasteiger charge is -2.56. The topological polar surface area (TPSA) is 28.4 Å². The van der Waals surface area contributed by atoms with Gasteiger partial charge in [0, 0.05) is 17.6 Å². The Morgan fingerprint density at radius 1 is 1.27 bits per heavy atom. The zero-order chi connectivity index (χ0) is 14.9. The van der Waals surface area contributed by atoms with Crippen LogP contribution in [-0.2, 0) is 6.42 Å². The first-order chi connectivity index (χ1) is 10.7. The van der Waals surface area contributed by atoms with Gasteiger partial charge in [-0.1, -0.05) is 25.1 Å². The molecule has 1 aromatic heterocycles. The summed E-state index contributed by atoms with van der Waals surface area (Å²) in [4.78, 5) is 2.70. The maximum Gasteiger partial charge on any atom is 0.131 e. The molecular weight excluding hydrogens is 272 g/mol. The summed E-state index contributed by atoms with van der Waals surface area (Å²) in [6.07, 6.45) is 5.41. The molecule has 0 aliphatic carbocycles. The highest BCUT2D eigenvalue weighted by Gasteiger charge is 2.52. The number of aromatic nitrogens is 1. The average Bonchev–Trinajstić information content (AvgIpc) is 2.89. The van der Waals surface area contributed by atoms with E-state index in [2.05, 4.69) is 40.7 Å². The first-order valence-corrected chi connectivity index (χ1v) is 8.79. The molecule has 1 saturated heterocycles. The van der Waals surface area contributed by atoms with Gasteiger partial charge in [-0.25, -0.2) is 0 Å². The van der Waals surface area contributed by atoms with Crippen LogP contribution in [0.4, 0.5) is 0 Å². The highest BCUT2D eigenvalue weighted by atomic mass is 16.3. The van der Waals surface area contributed by atoms with Crippen molar-refractivity contribution in [2.45, 2.75) is 51.3 Å². The van der Waals surface area contributed by atoms with Crippen LogP contribution >= 0.6 is 0 Å². The van der Waals surface area contributed by atoms with Crippen LogP contribution in [0, 0.1) is 5.41 Å². The van der Waals surface area contributed by atoms with Crippen LogP contribution in [0.2, 0.25) is 0 Å². The minimum atomic E-state index is -0.358. The van der Waals surface area contributed by atoms with Crippen LogP contribution in [0.25, 0.3) is 10.9 Å². The molecule has 0 radical (unpaired) electrons. The van der Waals surface area contributed by atoms with Crippen LogP contribution in [0.1, 0.15) is 56.1 Å². The van der Waals surface area contributed by atoms with Crippen molar-refractivity contribution in [2.24, 2.45) is 5.41 Å². The SMILES string of the molecule is CC[C@]12CCCN3CCc4c(n(c5ccccc45)[C@H](O)C1)[C@@H]32. The van der Waals surface area contributed by atoms with Gasteiger partial charge in [-0.2, -0.15) is 0 Å². The Balaban J connectivity index is 1.85. The lowest BCUT2D eigenvalue weighted by atomic mass is 9.64. The molecule has 0 amide bonds. The van der Waals surface area contributed by atoms with Crippen molar-refractivity contribution < 1.29 is 5.11 Å². The summed E-state index contributed by atoms with van der Waals surface area (Å²) in [6.45, 7) is 4.73. The van der Waals surface area contributed by atoms with Crippen molar-refractivity contribution in [1.82, 2.24) is 9.47 Å². The molecule has 1 aromatic carbocycles. The Labute approximate surface area is 131 Å². The monoisotopic (exact) mass is 296 g/mol. The molecule has 3 nitrogen and oxygen atoms in total. The third kappa shape index (κ3) is 1.44. The number of hydrogen-bond acceptors (Lipinski definition) is 2. The molecule has 3 aliphatic rings. The fraction of sp³-hybridized carbons (Fsp3) is 0.579. The molecule has 0 saturated carbocycles. The van der Waals surface area contributed by atoms with Crippen LogP contribution in [0.3, 0.4) is 0 Å². The Bertz CT molecular complexity index is 749. The van der Waals surface area contributed by atoms with Crippen LogP contribution in [-0.4, -0.2) is 27.7 Å². The predicted molar refractivity (Wildman–Crippen MR) is 87.8 cm³/mol. The molecule has 3 heteroatoms. The van der Waals surface area contributed by atoms with E-state index in [0.29, 0.717) is 6.04 Å². The number of nitrogens with zero attached hydrogens (tertiary/aromatic N) is 2. The van der Waals surface area contributed by atoms with E-state index in [-0.39, 0.29) is 11.6 Å². The van der Waals surface area contributed by atoms with Crippen molar-refractivity contribution >= 4 is 10.9 Å². The second kappa shape index (κ2) is 4.36. The van der Waals surface area contributed by atoms with E-state index in [9.17, 15) is 5.11 Å². The minimum absolute atomic E-state index is 0.275. The molecule has 1 fully saturated rings. The maximum absolute atomic E-state index is 11.0. The Morgan fingerprint density at radius 2 is 2.14 bits per heavy atom. The van der Waals surface area contributed by atoms with Gasteiger partial charge >= 0.3 is 0 Å². The fourth-order valence-corrected chi connectivity index (χ4v) is 5.66. The van der Waals surface area contributed by atoms with Gasteiger partial charge in [0.2, 0.25) is 0 Å². The van der Waals surface area contributed by atoms with Gasteiger partial charge in [0.15, 0.2) is 0 Å². The number of hydrogen-bond donors (Lipinski definition) is 1. The van der Waals surface area contributed by atoms with Gasteiger partial charge in [-0.15, -0.1) is 0 Å². The van der Waals surface area contributed by atoms with E-state index in [1.165, 1.54) is 54.5 Å². The van der Waals surface area contributed by atoms with Gasteiger partial charge < -0.3 is 9.67 Å². The fourth-order valence-electron chi connectivity index (χ4n) is 5.66. The standard InChI is InChI=1S/C19H24N2O/c1-2-19-9-5-10-20-11-8-14-13-6-3-4-7-15(13)21(16(22)12-19)17(14)18(19)20/h3-4,6-7,16,18,22H,2,5,8-12H2,1H3/t16-,18-,19+/m1/s1. The number of aliphatic hydroxyl groups excluding tert-OH is 1. The number of piperidine rings is 1. The zero-order valence-corrected chi connectivity index (χ0v) is 13.3. The van der Waals surface area contributed by atoms with Gasteiger partial charge in [0.1, 0.15) is 6.23 Å². The summed E-state index contributed by atoms with van der Waals surface area (Å²) >= 11 is 0. The number of rotatable bonds is 1. The molecule has 0 unspecified atom stereocenters. The van der Waals surface area contributed by atoms with Gasteiger partial charge in [-0.05, 0) is 55.7 Å². The molecule has 0 bridgehead atoms. The van der Waals surface area contributed by atoms with Crippen LogP contribution in [0.15, 0.2) is 24.3 Å². The lowest BCUT2D eigenvalue weighted by molar-refractivity contribution is -0.0791. The first-order valence-electron chi connectivity index (χ1n) is 8.79. The third-order valence-electron chi connectivity index (χ3n) is 6.62. The molecule has 2 aromatic rings. The molecule has 3 atom stereocenters. The quantitative estimate of drug-likeness (QED) is 0.870. The van der Waals surface area contributed by atoms with Crippen LogP contribution in [0.5, 0.6) is 0 Å². The number of benzene rings is 1. The zero-order valence-electron chi connectivity index (χ0n) is 13.3. The highest BCUT2D eigenvalue weighted by Crippen LogP contribution is 2.59. The number of fused-ring (bicyclic) bond motifs is 3. The molecule has 0 spiro atoms. The van der Waals surface area contributed by atoms with Crippen LogP contribution < -0.4 is 0 Å². The molecule has 3 aliphatic heterocycles. The Kier molecular flexibility index (Phi) is 2.61. The molecular formula is C19H24N2O. The molecule has 4 heterocycles. The molecule has 116 valence electrons. The molecule has 1 N–H and O–H groups in total. The summed E-state index contributed by atoms with van der Waals surface area (Å²) in [5.74, 6) is 0. The van der Waals surface area contributed by atoms with E-state index in [4.69, 9.17) is 0 Å². The van der Waals surface area contributed by atoms with Gasteiger partial charge in [0.05, 0.1) is 11.6 Å². The van der Waals surface area contributed by atoms with Crippen molar-refractivity contribution in [1.29, 1.82) is 0 Å². The summed E-state index contributed by atoms with van der Waals surface area (Å²) < 4.78 is 2.26. The lowest BCUT2D eigenvalue weighted by Crippen LogP contribution is -2.53. The average molecular weight is 296 g/mol. The number of para-hydroxylation sites is 1. The molecule has 22 heavy (non-hydrogen) atoms. The van der Waals surface area contributed by atoms with E-state index < -0.39 is 0 Å². The van der Waals surface area contributed by atoms with E-state index >= 15 is 0 Å². The predicted octanol–water partition coefficient (Wildman–Crippen LogP) is 3.63. The second-order valence-electron chi connectivity index (χ2n) is 7.44. The maximum atomic E-state index is 11.0. The first kappa shape index (κ1) is 13.1. The van der Waals surface area contributed by atoms with E-state index in [1.54, 1.807) is 0 Å². The minimum Gasteiger partial charge on any atom is -0.373 e. The Morgan fingerprint density at radius 3 is 3.00 bits per heavy atom. The van der Waals surface area contributed by atoms with Gasteiger partial charge in [0.25, 0.3) is 0 Å². The van der Waals surface area contributed by atoms with Gasteiger partial charge in [-0.3, -0.25) is 4.90 Å². The normalized spacial score (nSPS) is 33.9. The summed E-state index contributed by atoms with van der Waals surface area (Å²) in [6, 6.07) is 9.19. The van der Waals surface area contributed by atoms with Crippen molar-refractivity contribution in [3.05, 3.63) is 35.5 Å². The number of aliphatic hydroxyl groups is 1. The molecule has 5 rings (SSSR count). The Hall–Kier alpha value is -1.32. The summed E-state index contributed by atoms with van der Waals surface area (Å²) in [5, 5.41) is 12.3. The summed E-state index contributed by atoms with van der Waals surface area (Å²) in [7, 11) is 0. The van der Waals surface area contributed by atoms with E-state index in [1.807, 2.05) is 0 Å².